The quantitative estimate of drug-likeness (QED) is 0.821. The number of alkyl halides is 3. The van der Waals surface area contributed by atoms with E-state index in [2.05, 4.69) is 10.6 Å². The molecular formula is C16H19ClF3N3O2. The van der Waals surface area contributed by atoms with Gasteiger partial charge in [0.1, 0.15) is 0 Å². The molecule has 1 heterocycles. The number of hydrogen-bond donors (Lipinski definition) is 2. The van der Waals surface area contributed by atoms with Gasteiger partial charge in [0.05, 0.1) is 16.6 Å². The van der Waals surface area contributed by atoms with E-state index in [-0.39, 0.29) is 23.6 Å². The number of amides is 3. The number of benzene rings is 1. The summed E-state index contributed by atoms with van der Waals surface area (Å²) >= 11 is 5.54. The second-order valence-electron chi connectivity index (χ2n) is 6.87. The summed E-state index contributed by atoms with van der Waals surface area (Å²) in [6, 6.07) is 2.03. The van der Waals surface area contributed by atoms with Gasteiger partial charge in [0.2, 0.25) is 5.91 Å². The summed E-state index contributed by atoms with van der Waals surface area (Å²) in [5, 5.41) is 4.50. The second kappa shape index (κ2) is 6.74. The number of nitrogens with one attached hydrogen (secondary N) is 2. The SMILES string of the molecule is CC(C)(C)N1CC(NC(=O)Nc2ccc(Cl)c(C(F)(F)F)c2)CC1=O. The van der Waals surface area contributed by atoms with Crippen molar-refractivity contribution in [3.63, 3.8) is 0 Å². The Bertz CT molecular complexity index is 686. The van der Waals surface area contributed by atoms with Crippen LogP contribution in [-0.2, 0) is 11.0 Å². The Hall–Kier alpha value is -1.96. The van der Waals surface area contributed by atoms with Crippen LogP contribution in [0.5, 0.6) is 0 Å². The van der Waals surface area contributed by atoms with Gasteiger partial charge in [-0.25, -0.2) is 4.79 Å². The van der Waals surface area contributed by atoms with Gasteiger partial charge in [-0.05, 0) is 39.0 Å². The third kappa shape index (κ3) is 4.78. The molecule has 138 valence electrons. The minimum atomic E-state index is -4.61. The molecule has 1 aromatic carbocycles. The molecule has 0 saturated carbocycles. The lowest BCUT2D eigenvalue weighted by Gasteiger charge is -2.32. The second-order valence-corrected chi connectivity index (χ2v) is 7.27. The first-order valence-electron chi connectivity index (χ1n) is 7.62. The molecule has 0 radical (unpaired) electrons. The average molecular weight is 378 g/mol. The van der Waals surface area contributed by atoms with E-state index < -0.39 is 28.8 Å². The van der Waals surface area contributed by atoms with Crippen LogP contribution < -0.4 is 10.6 Å². The Labute approximate surface area is 148 Å². The van der Waals surface area contributed by atoms with Crippen molar-refractivity contribution in [3.8, 4) is 0 Å². The zero-order chi connectivity index (χ0) is 19.0. The van der Waals surface area contributed by atoms with Gasteiger partial charge in [0.25, 0.3) is 0 Å². The Balaban J connectivity index is 2.01. The van der Waals surface area contributed by atoms with E-state index in [4.69, 9.17) is 11.6 Å². The van der Waals surface area contributed by atoms with E-state index >= 15 is 0 Å². The third-order valence-electron chi connectivity index (χ3n) is 3.80. The van der Waals surface area contributed by atoms with Crippen LogP contribution in [0.2, 0.25) is 5.02 Å². The number of hydrogen-bond acceptors (Lipinski definition) is 2. The third-order valence-corrected chi connectivity index (χ3v) is 4.13. The van der Waals surface area contributed by atoms with Crippen molar-refractivity contribution in [3.05, 3.63) is 28.8 Å². The van der Waals surface area contributed by atoms with Crippen molar-refractivity contribution in [2.45, 2.75) is 44.9 Å². The minimum absolute atomic E-state index is 0.0359. The van der Waals surface area contributed by atoms with Crippen molar-refractivity contribution in [1.82, 2.24) is 10.2 Å². The number of nitrogens with zero attached hydrogens (tertiary/aromatic N) is 1. The Morgan fingerprint density at radius 2 is 1.92 bits per heavy atom. The molecule has 1 aliphatic heterocycles. The normalized spacial score (nSPS) is 18.4. The van der Waals surface area contributed by atoms with Crippen LogP contribution in [0.4, 0.5) is 23.7 Å². The number of likely N-dealkylation sites (tertiary alicyclic amines) is 1. The maximum atomic E-state index is 12.8. The summed E-state index contributed by atoms with van der Waals surface area (Å²) in [6.07, 6.45) is -4.46. The smallest absolute Gasteiger partial charge is 0.336 e. The highest BCUT2D eigenvalue weighted by Crippen LogP contribution is 2.36. The molecule has 5 nitrogen and oxygen atoms in total. The van der Waals surface area contributed by atoms with E-state index in [1.807, 2.05) is 20.8 Å². The topological polar surface area (TPSA) is 61.4 Å². The summed E-state index contributed by atoms with van der Waals surface area (Å²) in [6.45, 7) is 6.02. The minimum Gasteiger partial charge on any atom is -0.336 e. The fourth-order valence-corrected chi connectivity index (χ4v) is 2.85. The first-order valence-corrected chi connectivity index (χ1v) is 8.00. The van der Waals surface area contributed by atoms with Crippen LogP contribution in [0, 0.1) is 0 Å². The van der Waals surface area contributed by atoms with Crippen LogP contribution in [0.1, 0.15) is 32.8 Å². The highest BCUT2D eigenvalue weighted by molar-refractivity contribution is 6.31. The molecule has 1 atom stereocenters. The molecule has 2 rings (SSSR count). The molecule has 1 aromatic rings. The Morgan fingerprint density at radius 1 is 1.28 bits per heavy atom. The van der Waals surface area contributed by atoms with Crippen LogP contribution in [-0.4, -0.2) is 35.0 Å². The molecule has 0 spiro atoms. The van der Waals surface area contributed by atoms with E-state index in [1.54, 1.807) is 4.90 Å². The van der Waals surface area contributed by atoms with Gasteiger partial charge in [0.15, 0.2) is 0 Å². The van der Waals surface area contributed by atoms with Gasteiger partial charge in [-0.15, -0.1) is 0 Å². The molecule has 3 amide bonds. The average Bonchev–Trinajstić information content (AvgIpc) is 2.80. The highest BCUT2D eigenvalue weighted by atomic mass is 35.5. The summed E-state index contributed by atoms with van der Waals surface area (Å²) in [7, 11) is 0. The van der Waals surface area contributed by atoms with Crippen LogP contribution in [0.25, 0.3) is 0 Å². The number of carbonyl (C=O) groups is 2. The van der Waals surface area contributed by atoms with Gasteiger partial charge in [-0.3, -0.25) is 4.79 Å². The molecule has 0 aromatic heterocycles. The molecule has 2 N–H and O–H groups in total. The Kier molecular flexibility index (Phi) is 5.22. The molecule has 1 aliphatic rings. The van der Waals surface area contributed by atoms with Gasteiger partial charge in [0, 0.05) is 24.2 Å². The van der Waals surface area contributed by atoms with Gasteiger partial charge < -0.3 is 15.5 Å². The van der Waals surface area contributed by atoms with Crippen LogP contribution >= 0.6 is 11.6 Å². The summed E-state index contributed by atoms with van der Waals surface area (Å²) < 4.78 is 38.5. The first kappa shape index (κ1) is 19.4. The van der Waals surface area contributed by atoms with Gasteiger partial charge in [-0.2, -0.15) is 13.2 Å². The number of rotatable bonds is 2. The maximum absolute atomic E-state index is 12.8. The first-order chi connectivity index (χ1) is 11.4. The zero-order valence-corrected chi connectivity index (χ0v) is 14.8. The fraction of sp³-hybridized carbons (Fsp3) is 0.500. The fourth-order valence-electron chi connectivity index (χ4n) is 2.63. The number of anilines is 1. The van der Waals surface area contributed by atoms with E-state index in [1.165, 1.54) is 6.07 Å². The van der Waals surface area contributed by atoms with Crippen LogP contribution in [0.15, 0.2) is 18.2 Å². The molecule has 25 heavy (non-hydrogen) atoms. The molecule has 1 fully saturated rings. The number of halogens is 4. The largest absolute Gasteiger partial charge is 0.417 e. The van der Waals surface area contributed by atoms with Crippen molar-refractivity contribution < 1.29 is 22.8 Å². The van der Waals surface area contributed by atoms with Crippen molar-refractivity contribution in [2.75, 3.05) is 11.9 Å². The number of urea groups is 1. The van der Waals surface area contributed by atoms with Crippen molar-refractivity contribution in [2.24, 2.45) is 0 Å². The van der Waals surface area contributed by atoms with Crippen molar-refractivity contribution in [1.29, 1.82) is 0 Å². The highest BCUT2D eigenvalue weighted by Gasteiger charge is 2.37. The molecule has 9 heteroatoms. The molecule has 0 bridgehead atoms. The zero-order valence-electron chi connectivity index (χ0n) is 14.0. The maximum Gasteiger partial charge on any atom is 0.417 e. The molecule has 1 saturated heterocycles. The van der Waals surface area contributed by atoms with Gasteiger partial charge >= 0.3 is 12.2 Å². The van der Waals surface area contributed by atoms with Crippen molar-refractivity contribution >= 4 is 29.2 Å². The van der Waals surface area contributed by atoms with E-state index in [0.29, 0.717) is 6.54 Å². The predicted molar refractivity (Wildman–Crippen MR) is 88.5 cm³/mol. The molecular weight excluding hydrogens is 359 g/mol. The molecule has 0 aliphatic carbocycles. The lowest BCUT2D eigenvalue weighted by molar-refractivity contribution is -0.137. The predicted octanol–water partition coefficient (Wildman–Crippen LogP) is 3.88. The lowest BCUT2D eigenvalue weighted by atomic mass is 10.1. The monoisotopic (exact) mass is 377 g/mol. The summed E-state index contributed by atoms with van der Waals surface area (Å²) in [5.74, 6) is -0.0800. The summed E-state index contributed by atoms with van der Waals surface area (Å²) in [4.78, 5) is 25.6. The Morgan fingerprint density at radius 3 is 2.44 bits per heavy atom. The molecule has 1 unspecified atom stereocenters. The van der Waals surface area contributed by atoms with E-state index in [9.17, 15) is 22.8 Å². The van der Waals surface area contributed by atoms with Gasteiger partial charge in [-0.1, -0.05) is 11.6 Å². The lowest BCUT2D eigenvalue weighted by Crippen LogP contribution is -2.45. The summed E-state index contributed by atoms with van der Waals surface area (Å²) in [5.41, 5.74) is -1.42. The van der Waals surface area contributed by atoms with Crippen LogP contribution in [0.3, 0.4) is 0 Å². The number of carbonyl (C=O) groups excluding carboxylic acids is 2. The van der Waals surface area contributed by atoms with E-state index in [0.717, 1.165) is 12.1 Å². The standard InChI is InChI=1S/C16H19ClF3N3O2/c1-15(2,3)23-8-10(7-13(23)24)22-14(25)21-9-4-5-12(17)11(6-9)16(18,19)20/h4-6,10H,7-8H2,1-3H3,(H2,21,22,25).